The van der Waals surface area contributed by atoms with Crippen molar-refractivity contribution in [3.63, 3.8) is 0 Å². The predicted octanol–water partition coefficient (Wildman–Crippen LogP) is 3.64. The van der Waals surface area contributed by atoms with Gasteiger partial charge in [-0.2, -0.15) is 4.98 Å². The number of anilines is 3. The zero-order chi connectivity index (χ0) is 17.8. The Labute approximate surface area is 147 Å². The summed E-state index contributed by atoms with van der Waals surface area (Å²) in [5.41, 5.74) is 2.24. The molecular formula is C19H24N4O2. The number of nitrogens with zero attached hydrogens (tertiary/aromatic N) is 3. The van der Waals surface area contributed by atoms with Crippen LogP contribution >= 0.6 is 0 Å². The van der Waals surface area contributed by atoms with Gasteiger partial charge in [0.25, 0.3) is 0 Å². The van der Waals surface area contributed by atoms with E-state index in [1.807, 2.05) is 18.2 Å². The summed E-state index contributed by atoms with van der Waals surface area (Å²) in [4.78, 5) is 22.0. The number of carboxylic acid groups (broad SMARTS) is 1. The molecule has 0 bridgehead atoms. The fraction of sp³-hybridized carbons (Fsp3) is 0.421. The molecule has 0 aliphatic carbocycles. The lowest BCUT2D eigenvalue weighted by molar-refractivity contribution is -0.142. The highest BCUT2D eigenvalue weighted by Gasteiger charge is 2.25. The third-order valence-corrected chi connectivity index (χ3v) is 4.64. The van der Waals surface area contributed by atoms with Crippen LogP contribution in [0.15, 0.2) is 36.5 Å². The van der Waals surface area contributed by atoms with Crippen molar-refractivity contribution < 1.29 is 9.90 Å². The third kappa shape index (κ3) is 4.26. The van der Waals surface area contributed by atoms with Crippen LogP contribution < -0.4 is 10.2 Å². The van der Waals surface area contributed by atoms with Crippen LogP contribution in [0.1, 0.15) is 38.2 Å². The van der Waals surface area contributed by atoms with Crippen molar-refractivity contribution >= 4 is 23.4 Å². The molecule has 6 nitrogen and oxygen atoms in total. The van der Waals surface area contributed by atoms with Crippen LogP contribution in [0.5, 0.6) is 0 Å². The summed E-state index contributed by atoms with van der Waals surface area (Å²) in [5.74, 6) is 0.947. The normalized spacial score (nSPS) is 15.4. The monoisotopic (exact) mass is 340 g/mol. The van der Waals surface area contributed by atoms with Gasteiger partial charge in [0.15, 0.2) is 0 Å². The van der Waals surface area contributed by atoms with Gasteiger partial charge in [-0.05, 0) is 42.5 Å². The molecule has 1 saturated heterocycles. The molecular weight excluding hydrogens is 316 g/mol. The number of aliphatic carboxylic acids is 1. The Balaban J connectivity index is 1.66. The fourth-order valence-electron chi connectivity index (χ4n) is 3.02. The molecule has 1 aromatic carbocycles. The maximum Gasteiger partial charge on any atom is 0.306 e. The zero-order valence-corrected chi connectivity index (χ0v) is 14.6. The summed E-state index contributed by atoms with van der Waals surface area (Å²) in [6, 6.07) is 10.1. The lowest BCUT2D eigenvalue weighted by atomic mass is 9.97. The molecule has 0 radical (unpaired) electrons. The Kier molecular flexibility index (Phi) is 5.16. The Morgan fingerprint density at radius 2 is 1.88 bits per heavy atom. The standard InChI is InChI=1S/C19H24N4O2/c1-13(2)14-3-5-16(6-4-14)21-19-20-10-7-17(22-19)23-11-8-15(9-12-23)18(24)25/h3-7,10,13,15H,8-9,11-12H2,1-2H3,(H,24,25)(H,20,21,22). The van der Waals surface area contributed by atoms with Crippen LogP contribution in [-0.2, 0) is 4.79 Å². The maximum absolute atomic E-state index is 11.1. The molecule has 1 aliphatic rings. The summed E-state index contributed by atoms with van der Waals surface area (Å²) < 4.78 is 0. The highest BCUT2D eigenvalue weighted by Crippen LogP contribution is 2.24. The van der Waals surface area contributed by atoms with Gasteiger partial charge >= 0.3 is 5.97 Å². The number of rotatable bonds is 5. The number of benzene rings is 1. The van der Waals surface area contributed by atoms with Gasteiger partial charge in [0.05, 0.1) is 5.92 Å². The van der Waals surface area contributed by atoms with E-state index in [1.54, 1.807) is 6.20 Å². The summed E-state index contributed by atoms with van der Waals surface area (Å²) in [6.45, 7) is 5.75. The van der Waals surface area contributed by atoms with Crippen molar-refractivity contribution in [3.05, 3.63) is 42.1 Å². The number of carbonyl (C=O) groups is 1. The quantitative estimate of drug-likeness (QED) is 0.865. The van der Waals surface area contributed by atoms with Gasteiger partial charge in [0, 0.05) is 25.0 Å². The van der Waals surface area contributed by atoms with E-state index in [-0.39, 0.29) is 5.92 Å². The van der Waals surface area contributed by atoms with Gasteiger partial charge in [-0.3, -0.25) is 4.79 Å². The van der Waals surface area contributed by atoms with Crippen LogP contribution in [0.3, 0.4) is 0 Å². The van der Waals surface area contributed by atoms with E-state index in [1.165, 1.54) is 5.56 Å². The minimum atomic E-state index is -0.700. The highest BCUT2D eigenvalue weighted by atomic mass is 16.4. The molecule has 0 amide bonds. The number of carboxylic acids is 1. The smallest absolute Gasteiger partial charge is 0.306 e. The fourth-order valence-corrected chi connectivity index (χ4v) is 3.02. The first-order valence-electron chi connectivity index (χ1n) is 8.70. The predicted molar refractivity (Wildman–Crippen MR) is 98.4 cm³/mol. The summed E-state index contributed by atoms with van der Waals surface area (Å²) in [7, 11) is 0. The first-order chi connectivity index (χ1) is 12.0. The van der Waals surface area contributed by atoms with Crippen molar-refractivity contribution in [1.82, 2.24) is 9.97 Å². The van der Waals surface area contributed by atoms with Crippen LogP contribution in [0.4, 0.5) is 17.5 Å². The average Bonchev–Trinajstić information content (AvgIpc) is 2.62. The molecule has 1 fully saturated rings. The van der Waals surface area contributed by atoms with Gasteiger partial charge in [-0.25, -0.2) is 4.98 Å². The highest BCUT2D eigenvalue weighted by molar-refractivity contribution is 5.70. The number of hydrogen-bond acceptors (Lipinski definition) is 5. The van der Waals surface area contributed by atoms with Crippen molar-refractivity contribution in [2.75, 3.05) is 23.3 Å². The van der Waals surface area contributed by atoms with Gasteiger partial charge in [-0.1, -0.05) is 26.0 Å². The number of piperidine rings is 1. The molecule has 0 atom stereocenters. The molecule has 0 saturated carbocycles. The Morgan fingerprint density at radius 1 is 1.20 bits per heavy atom. The van der Waals surface area contributed by atoms with Crippen LogP contribution in [0.2, 0.25) is 0 Å². The zero-order valence-electron chi connectivity index (χ0n) is 14.6. The largest absolute Gasteiger partial charge is 0.481 e. The first-order valence-corrected chi connectivity index (χ1v) is 8.70. The van der Waals surface area contributed by atoms with Gasteiger partial charge in [0.2, 0.25) is 5.95 Å². The second-order valence-corrected chi connectivity index (χ2v) is 6.74. The van der Waals surface area contributed by atoms with E-state index < -0.39 is 5.97 Å². The van der Waals surface area contributed by atoms with E-state index in [4.69, 9.17) is 5.11 Å². The average molecular weight is 340 g/mol. The van der Waals surface area contributed by atoms with Gasteiger partial charge in [-0.15, -0.1) is 0 Å². The maximum atomic E-state index is 11.1. The molecule has 2 heterocycles. The van der Waals surface area contributed by atoms with Gasteiger partial charge in [0.1, 0.15) is 5.82 Å². The van der Waals surface area contributed by atoms with Crippen LogP contribution in [-0.4, -0.2) is 34.1 Å². The topological polar surface area (TPSA) is 78.4 Å². The molecule has 1 aromatic heterocycles. The van der Waals surface area contributed by atoms with E-state index in [2.05, 4.69) is 46.2 Å². The summed E-state index contributed by atoms with van der Waals surface area (Å²) in [5, 5.41) is 12.3. The van der Waals surface area contributed by atoms with Crippen LogP contribution in [0, 0.1) is 5.92 Å². The Hall–Kier alpha value is -2.63. The molecule has 25 heavy (non-hydrogen) atoms. The van der Waals surface area contributed by atoms with Crippen molar-refractivity contribution in [1.29, 1.82) is 0 Å². The number of aromatic nitrogens is 2. The van der Waals surface area contributed by atoms with E-state index in [9.17, 15) is 4.79 Å². The van der Waals surface area contributed by atoms with Crippen molar-refractivity contribution in [2.24, 2.45) is 5.92 Å². The molecule has 0 spiro atoms. The van der Waals surface area contributed by atoms with Crippen molar-refractivity contribution in [3.8, 4) is 0 Å². The minimum absolute atomic E-state index is 0.241. The minimum Gasteiger partial charge on any atom is -0.481 e. The molecule has 132 valence electrons. The van der Waals surface area contributed by atoms with E-state index in [0.717, 1.165) is 11.5 Å². The molecule has 0 unspecified atom stereocenters. The Morgan fingerprint density at radius 3 is 2.48 bits per heavy atom. The number of nitrogens with one attached hydrogen (secondary N) is 1. The summed E-state index contributed by atoms with van der Waals surface area (Å²) >= 11 is 0. The van der Waals surface area contributed by atoms with E-state index in [0.29, 0.717) is 37.8 Å². The van der Waals surface area contributed by atoms with Crippen molar-refractivity contribution in [2.45, 2.75) is 32.6 Å². The number of hydrogen-bond donors (Lipinski definition) is 2. The third-order valence-electron chi connectivity index (χ3n) is 4.64. The van der Waals surface area contributed by atoms with E-state index >= 15 is 0 Å². The second-order valence-electron chi connectivity index (χ2n) is 6.74. The van der Waals surface area contributed by atoms with Gasteiger partial charge < -0.3 is 15.3 Å². The molecule has 6 heteroatoms. The lowest BCUT2D eigenvalue weighted by Crippen LogP contribution is -2.36. The lowest BCUT2D eigenvalue weighted by Gasteiger charge is -2.31. The molecule has 2 N–H and O–H groups in total. The molecule has 3 rings (SSSR count). The first kappa shape index (κ1) is 17.2. The SMILES string of the molecule is CC(C)c1ccc(Nc2nccc(N3CCC(C(=O)O)CC3)n2)cc1. The second kappa shape index (κ2) is 7.51. The molecule has 1 aliphatic heterocycles. The molecule has 2 aromatic rings. The summed E-state index contributed by atoms with van der Waals surface area (Å²) in [6.07, 6.45) is 3.04. The van der Waals surface area contributed by atoms with Crippen LogP contribution in [0.25, 0.3) is 0 Å². The Bertz CT molecular complexity index is 722.